The first-order chi connectivity index (χ1) is 9.15. The molecule has 2 aliphatic carbocycles. The second kappa shape index (κ2) is 6.89. The molecule has 0 radical (unpaired) electrons. The molecule has 0 aromatic carbocycles. The molecule has 1 unspecified atom stereocenters. The Hall–Kier alpha value is -1.10. The fourth-order valence-corrected chi connectivity index (χ4v) is 2.42. The zero-order valence-electron chi connectivity index (χ0n) is 11.7. The van der Waals surface area contributed by atoms with Crippen LogP contribution in [0, 0.1) is 0 Å². The summed E-state index contributed by atoms with van der Waals surface area (Å²) < 4.78 is 0. The summed E-state index contributed by atoms with van der Waals surface area (Å²) in [6, 6.07) is 0.542. The van der Waals surface area contributed by atoms with E-state index < -0.39 is 0 Å². The van der Waals surface area contributed by atoms with E-state index in [1.807, 2.05) is 6.92 Å². The predicted molar refractivity (Wildman–Crippen MR) is 73.6 cm³/mol. The molecule has 2 fully saturated rings. The summed E-state index contributed by atoms with van der Waals surface area (Å²) in [4.78, 5) is 23.4. The fourth-order valence-electron chi connectivity index (χ4n) is 2.42. The van der Waals surface area contributed by atoms with Crippen molar-refractivity contribution in [3.05, 3.63) is 0 Å². The summed E-state index contributed by atoms with van der Waals surface area (Å²) in [6.07, 6.45) is 7.29. The van der Waals surface area contributed by atoms with Crippen LogP contribution < -0.4 is 16.0 Å². The maximum Gasteiger partial charge on any atom is 0.237 e. The topological polar surface area (TPSA) is 70.2 Å². The molecule has 0 bridgehead atoms. The van der Waals surface area contributed by atoms with E-state index in [1.54, 1.807) is 0 Å². The van der Waals surface area contributed by atoms with Crippen LogP contribution in [0.15, 0.2) is 0 Å². The first kappa shape index (κ1) is 14.3. The van der Waals surface area contributed by atoms with Crippen LogP contribution in [0.5, 0.6) is 0 Å². The number of amides is 2. The second-order valence-corrected chi connectivity index (χ2v) is 5.76. The summed E-state index contributed by atoms with van der Waals surface area (Å²) >= 11 is 0. The second-order valence-electron chi connectivity index (χ2n) is 5.76. The average Bonchev–Trinajstić information content (AvgIpc) is 3.03. The predicted octanol–water partition coefficient (Wildman–Crippen LogP) is 0.692. The molecule has 2 amide bonds. The van der Waals surface area contributed by atoms with Crippen molar-refractivity contribution in [2.75, 3.05) is 6.54 Å². The van der Waals surface area contributed by atoms with E-state index in [2.05, 4.69) is 16.0 Å². The molecule has 5 heteroatoms. The molecular weight excluding hydrogens is 242 g/mol. The van der Waals surface area contributed by atoms with E-state index in [1.165, 1.54) is 12.8 Å². The Kier molecular flexibility index (Phi) is 5.19. The van der Waals surface area contributed by atoms with Crippen LogP contribution in [0.4, 0.5) is 0 Å². The van der Waals surface area contributed by atoms with Crippen molar-refractivity contribution >= 4 is 11.8 Å². The molecule has 0 aromatic heterocycles. The van der Waals surface area contributed by atoms with Gasteiger partial charge < -0.3 is 16.0 Å². The van der Waals surface area contributed by atoms with Gasteiger partial charge in [-0.3, -0.25) is 9.59 Å². The molecule has 5 nitrogen and oxygen atoms in total. The highest BCUT2D eigenvalue weighted by Gasteiger charge is 2.23. The van der Waals surface area contributed by atoms with Crippen LogP contribution in [0.2, 0.25) is 0 Å². The zero-order valence-corrected chi connectivity index (χ0v) is 11.7. The highest BCUT2D eigenvalue weighted by Crippen LogP contribution is 2.18. The highest BCUT2D eigenvalue weighted by atomic mass is 16.2. The van der Waals surface area contributed by atoms with Gasteiger partial charge in [0.25, 0.3) is 0 Å². The van der Waals surface area contributed by atoms with Gasteiger partial charge in [0, 0.05) is 25.0 Å². The molecule has 1 atom stereocenters. The van der Waals surface area contributed by atoms with Gasteiger partial charge in [-0.05, 0) is 32.6 Å². The minimum atomic E-state index is -0.227. The summed E-state index contributed by atoms with van der Waals surface area (Å²) in [5.74, 6) is 0.132. The van der Waals surface area contributed by atoms with Gasteiger partial charge >= 0.3 is 0 Å². The molecule has 3 N–H and O–H groups in total. The van der Waals surface area contributed by atoms with E-state index in [9.17, 15) is 9.59 Å². The molecule has 2 rings (SSSR count). The van der Waals surface area contributed by atoms with Crippen molar-refractivity contribution in [3.63, 3.8) is 0 Å². The van der Waals surface area contributed by atoms with Crippen LogP contribution >= 0.6 is 0 Å². The average molecular weight is 267 g/mol. The van der Waals surface area contributed by atoms with E-state index >= 15 is 0 Å². The smallest absolute Gasteiger partial charge is 0.237 e. The summed E-state index contributed by atoms with van der Waals surface area (Å²) in [5, 5.41) is 9.10. The first-order valence-corrected chi connectivity index (χ1v) is 7.48. The molecule has 0 heterocycles. The van der Waals surface area contributed by atoms with E-state index in [4.69, 9.17) is 0 Å². The first-order valence-electron chi connectivity index (χ1n) is 7.48. The lowest BCUT2D eigenvalue weighted by Crippen LogP contribution is -2.46. The minimum absolute atomic E-state index is 0.0505. The van der Waals surface area contributed by atoms with Gasteiger partial charge in [0.1, 0.15) is 0 Å². The lowest BCUT2D eigenvalue weighted by atomic mass is 10.2. The minimum Gasteiger partial charge on any atom is -0.353 e. The molecule has 0 spiro atoms. The van der Waals surface area contributed by atoms with Gasteiger partial charge in [-0.1, -0.05) is 12.8 Å². The molecule has 2 aliphatic rings. The largest absolute Gasteiger partial charge is 0.353 e. The third kappa shape index (κ3) is 5.19. The van der Waals surface area contributed by atoms with Crippen LogP contribution in [-0.4, -0.2) is 36.5 Å². The number of hydrogen-bond acceptors (Lipinski definition) is 3. The maximum atomic E-state index is 11.9. The Balaban J connectivity index is 1.55. The molecule has 19 heavy (non-hydrogen) atoms. The quantitative estimate of drug-likeness (QED) is 0.635. The highest BCUT2D eigenvalue weighted by molar-refractivity contribution is 5.81. The lowest BCUT2D eigenvalue weighted by molar-refractivity contribution is -0.124. The van der Waals surface area contributed by atoms with Gasteiger partial charge in [-0.25, -0.2) is 0 Å². The fraction of sp³-hybridized carbons (Fsp3) is 0.857. The Morgan fingerprint density at radius 1 is 1.05 bits per heavy atom. The third-order valence-electron chi connectivity index (χ3n) is 3.84. The number of carbonyl (C=O) groups excluding carboxylic acids is 2. The molecule has 0 aromatic rings. The lowest BCUT2D eigenvalue weighted by Gasteiger charge is -2.17. The zero-order chi connectivity index (χ0) is 13.7. The van der Waals surface area contributed by atoms with Gasteiger partial charge in [-0.2, -0.15) is 0 Å². The number of nitrogens with one attached hydrogen (secondary N) is 3. The van der Waals surface area contributed by atoms with Crippen molar-refractivity contribution in [1.82, 2.24) is 16.0 Å². The maximum absolute atomic E-state index is 11.9. The molecule has 0 saturated heterocycles. The normalized spacial score (nSPS) is 21.1. The molecule has 0 aliphatic heterocycles. The monoisotopic (exact) mass is 267 g/mol. The van der Waals surface area contributed by atoms with Crippen molar-refractivity contribution in [2.24, 2.45) is 0 Å². The summed E-state index contributed by atoms with van der Waals surface area (Å²) in [7, 11) is 0. The third-order valence-corrected chi connectivity index (χ3v) is 3.84. The molecule has 2 saturated carbocycles. The van der Waals surface area contributed by atoms with Crippen LogP contribution in [0.1, 0.15) is 51.9 Å². The number of rotatable bonds is 7. The molecular formula is C14H25N3O2. The number of carbonyl (C=O) groups is 2. The molecule has 108 valence electrons. The van der Waals surface area contributed by atoms with Crippen LogP contribution in [-0.2, 0) is 9.59 Å². The SMILES string of the molecule is CC(NCCC(=O)NC1CC1)C(=O)NC1CCCC1. The summed E-state index contributed by atoms with van der Waals surface area (Å²) in [6.45, 7) is 2.40. The van der Waals surface area contributed by atoms with Crippen molar-refractivity contribution in [2.45, 2.75) is 70.0 Å². The van der Waals surface area contributed by atoms with Gasteiger partial charge in [0.2, 0.25) is 11.8 Å². The Morgan fingerprint density at radius 3 is 2.32 bits per heavy atom. The van der Waals surface area contributed by atoms with Crippen molar-refractivity contribution < 1.29 is 9.59 Å². The van der Waals surface area contributed by atoms with Crippen molar-refractivity contribution in [3.8, 4) is 0 Å². The standard InChI is InChI=1S/C14H25N3O2/c1-10(14(19)17-11-4-2-3-5-11)15-9-8-13(18)16-12-6-7-12/h10-12,15H,2-9H2,1H3,(H,16,18)(H,17,19). The summed E-state index contributed by atoms with van der Waals surface area (Å²) in [5.41, 5.74) is 0. The van der Waals surface area contributed by atoms with Gasteiger partial charge in [-0.15, -0.1) is 0 Å². The van der Waals surface area contributed by atoms with Crippen molar-refractivity contribution in [1.29, 1.82) is 0 Å². The van der Waals surface area contributed by atoms with Crippen LogP contribution in [0.3, 0.4) is 0 Å². The van der Waals surface area contributed by atoms with Crippen LogP contribution in [0.25, 0.3) is 0 Å². The number of hydrogen-bond donors (Lipinski definition) is 3. The Morgan fingerprint density at radius 2 is 1.68 bits per heavy atom. The Labute approximate surface area is 114 Å². The Bertz CT molecular complexity index is 323. The van der Waals surface area contributed by atoms with Gasteiger partial charge in [0.15, 0.2) is 0 Å². The van der Waals surface area contributed by atoms with E-state index in [-0.39, 0.29) is 17.9 Å². The van der Waals surface area contributed by atoms with Gasteiger partial charge in [0.05, 0.1) is 6.04 Å². The van der Waals surface area contributed by atoms with E-state index in [0.29, 0.717) is 25.0 Å². The van der Waals surface area contributed by atoms with E-state index in [0.717, 1.165) is 25.7 Å².